The first-order chi connectivity index (χ1) is 8.31. The highest BCUT2D eigenvalue weighted by molar-refractivity contribution is 9.10. The topological polar surface area (TPSA) is 88.8 Å². The molecule has 0 radical (unpaired) electrons. The summed E-state index contributed by atoms with van der Waals surface area (Å²) in [7, 11) is 0. The number of nitrogen functional groups attached to an aromatic ring is 1. The third-order valence-corrected chi connectivity index (χ3v) is 2.86. The van der Waals surface area contributed by atoms with Crippen LogP contribution in [-0.4, -0.2) is 15.0 Å². The molecule has 6 nitrogen and oxygen atoms in total. The van der Waals surface area contributed by atoms with Crippen LogP contribution in [0, 0.1) is 0 Å². The molecule has 0 saturated heterocycles. The summed E-state index contributed by atoms with van der Waals surface area (Å²) >= 11 is 3.37. The van der Waals surface area contributed by atoms with Crippen LogP contribution in [-0.2, 0) is 6.54 Å². The Bertz CT molecular complexity index is 489. The lowest BCUT2D eigenvalue weighted by Gasteiger charge is -2.09. The summed E-state index contributed by atoms with van der Waals surface area (Å²) in [5.74, 6) is 6.53. The van der Waals surface area contributed by atoms with E-state index in [0.717, 1.165) is 5.56 Å². The second-order valence-electron chi connectivity index (χ2n) is 3.24. The molecule has 0 unspecified atom stereocenters. The van der Waals surface area contributed by atoms with Crippen LogP contribution < -0.4 is 16.6 Å². The van der Waals surface area contributed by atoms with Gasteiger partial charge in [0.05, 0.1) is 0 Å². The number of hydrazine groups is 1. The van der Waals surface area contributed by atoms with Crippen molar-refractivity contribution in [3.8, 4) is 0 Å². The van der Waals surface area contributed by atoms with Gasteiger partial charge in [-0.1, -0.05) is 6.07 Å². The van der Waals surface area contributed by atoms with Gasteiger partial charge < -0.3 is 10.7 Å². The molecule has 0 spiro atoms. The van der Waals surface area contributed by atoms with Crippen molar-refractivity contribution in [2.45, 2.75) is 6.54 Å². The van der Waals surface area contributed by atoms with Crippen molar-refractivity contribution in [1.29, 1.82) is 0 Å². The van der Waals surface area contributed by atoms with E-state index < -0.39 is 0 Å². The number of anilines is 2. The maximum atomic E-state index is 5.32. The fourth-order valence-electron chi connectivity index (χ4n) is 1.28. The molecule has 0 bridgehead atoms. The van der Waals surface area contributed by atoms with Gasteiger partial charge in [-0.15, -0.1) is 0 Å². The zero-order valence-electron chi connectivity index (χ0n) is 8.89. The lowest BCUT2D eigenvalue weighted by molar-refractivity contribution is 1.05. The van der Waals surface area contributed by atoms with Gasteiger partial charge in [-0.05, 0) is 27.6 Å². The number of nitrogens with zero attached hydrogens (tertiary/aromatic N) is 3. The Balaban J connectivity index is 2.09. The summed E-state index contributed by atoms with van der Waals surface area (Å²) in [4.78, 5) is 12.1. The maximum Gasteiger partial charge on any atom is 0.159 e. The molecule has 0 amide bonds. The van der Waals surface area contributed by atoms with Gasteiger partial charge in [0, 0.05) is 18.9 Å². The van der Waals surface area contributed by atoms with Crippen molar-refractivity contribution in [3.05, 3.63) is 40.9 Å². The number of hydrogen-bond donors (Lipinski definition) is 3. The minimum atomic E-state index is 0.536. The molecular formula is C10H11BrN6. The molecule has 2 aromatic rings. The Morgan fingerprint density at radius 1 is 1.29 bits per heavy atom. The predicted molar refractivity (Wildman–Crippen MR) is 69.1 cm³/mol. The highest BCUT2D eigenvalue weighted by Crippen LogP contribution is 2.25. The van der Waals surface area contributed by atoms with Crippen molar-refractivity contribution < 1.29 is 0 Å². The van der Waals surface area contributed by atoms with E-state index in [9.17, 15) is 0 Å². The van der Waals surface area contributed by atoms with E-state index in [-0.39, 0.29) is 0 Å². The van der Waals surface area contributed by atoms with Crippen LogP contribution in [0.3, 0.4) is 0 Å². The first kappa shape index (κ1) is 11.7. The van der Waals surface area contributed by atoms with Crippen molar-refractivity contribution in [3.63, 3.8) is 0 Å². The normalized spacial score (nSPS) is 10.0. The maximum absolute atomic E-state index is 5.32. The van der Waals surface area contributed by atoms with Gasteiger partial charge in [0.1, 0.15) is 16.6 Å². The molecule has 2 aromatic heterocycles. The molecule has 0 fully saturated rings. The monoisotopic (exact) mass is 294 g/mol. The molecule has 2 heterocycles. The molecule has 0 aliphatic carbocycles. The largest absolute Gasteiger partial charge is 0.365 e. The molecule has 88 valence electrons. The van der Waals surface area contributed by atoms with Crippen LogP contribution in [0.25, 0.3) is 0 Å². The molecule has 0 aliphatic rings. The summed E-state index contributed by atoms with van der Waals surface area (Å²) in [5, 5.41) is 3.17. The van der Waals surface area contributed by atoms with Crippen molar-refractivity contribution in [2.75, 3.05) is 10.7 Å². The zero-order valence-corrected chi connectivity index (χ0v) is 10.5. The standard InChI is InChI=1S/C10H11BrN6/c11-8-9(15-6-16-10(8)17-12)14-5-7-2-1-3-13-4-7/h1-4,6H,5,12H2,(H2,14,15,16,17). The second kappa shape index (κ2) is 5.55. The summed E-state index contributed by atoms with van der Waals surface area (Å²) < 4.78 is 0.700. The average Bonchev–Trinajstić information content (AvgIpc) is 2.39. The summed E-state index contributed by atoms with van der Waals surface area (Å²) in [6.07, 6.45) is 4.97. The van der Waals surface area contributed by atoms with E-state index in [1.807, 2.05) is 12.1 Å². The summed E-state index contributed by atoms with van der Waals surface area (Å²) in [6.45, 7) is 0.632. The van der Waals surface area contributed by atoms with Crippen molar-refractivity contribution >= 4 is 27.6 Å². The predicted octanol–water partition coefficient (Wildman–Crippen LogP) is 1.53. The molecule has 0 atom stereocenters. The van der Waals surface area contributed by atoms with E-state index in [1.54, 1.807) is 12.4 Å². The van der Waals surface area contributed by atoms with Gasteiger partial charge in [-0.25, -0.2) is 15.8 Å². The van der Waals surface area contributed by atoms with E-state index in [0.29, 0.717) is 22.7 Å². The lowest BCUT2D eigenvalue weighted by atomic mass is 10.3. The van der Waals surface area contributed by atoms with Gasteiger partial charge >= 0.3 is 0 Å². The molecule has 4 N–H and O–H groups in total. The number of hydrogen-bond acceptors (Lipinski definition) is 6. The van der Waals surface area contributed by atoms with Crippen molar-refractivity contribution in [2.24, 2.45) is 5.84 Å². The Morgan fingerprint density at radius 3 is 2.82 bits per heavy atom. The Kier molecular flexibility index (Phi) is 3.84. The number of nitrogens with one attached hydrogen (secondary N) is 2. The highest BCUT2D eigenvalue weighted by atomic mass is 79.9. The van der Waals surface area contributed by atoms with Gasteiger partial charge in [0.2, 0.25) is 0 Å². The highest BCUT2D eigenvalue weighted by Gasteiger charge is 2.06. The van der Waals surface area contributed by atoms with Gasteiger partial charge in [-0.3, -0.25) is 4.98 Å². The molecule has 17 heavy (non-hydrogen) atoms. The molecular weight excluding hydrogens is 284 g/mol. The molecule has 0 saturated carbocycles. The van der Waals surface area contributed by atoms with Gasteiger partial charge in [0.25, 0.3) is 0 Å². The van der Waals surface area contributed by atoms with E-state index in [4.69, 9.17) is 5.84 Å². The van der Waals surface area contributed by atoms with Crippen LogP contribution in [0.1, 0.15) is 5.56 Å². The first-order valence-corrected chi connectivity index (χ1v) is 5.70. The minimum absolute atomic E-state index is 0.536. The van der Waals surface area contributed by atoms with E-state index >= 15 is 0 Å². The number of pyridine rings is 1. The minimum Gasteiger partial charge on any atom is -0.365 e. The molecule has 7 heteroatoms. The summed E-state index contributed by atoms with van der Waals surface area (Å²) in [5.41, 5.74) is 3.55. The van der Waals surface area contributed by atoms with E-state index in [2.05, 4.69) is 41.6 Å². The number of rotatable bonds is 4. The fraction of sp³-hybridized carbons (Fsp3) is 0.100. The molecule has 2 rings (SSSR count). The summed E-state index contributed by atoms with van der Waals surface area (Å²) in [6, 6.07) is 3.87. The second-order valence-corrected chi connectivity index (χ2v) is 4.04. The smallest absolute Gasteiger partial charge is 0.159 e. The van der Waals surface area contributed by atoms with E-state index in [1.165, 1.54) is 6.33 Å². The SMILES string of the molecule is NNc1ncnc(NCc2cccnc2)c1Br. The number of halogens is 1. The Labute approximate surface area is 107 Å². The number of nitrogens with two attached hydrogens (primary N) is 1. The average molecular weight is 295 g/mol. The Morgan fingerprint density at radius 2 is 2.12 bits per heavy atom. The van der Waals surface area contributed by atoms with Crippen LogP contribution in [0.2, 0.25) is 0 Å². The molecule has 0 aliphatic heterocycles. The number of aromatic nitrogens is 3. The van der Waals surface area contributed by atoms with Gasteiger partial charge in [-0.2, -0.15) is 0 Å². The fourth-order valence-corrected chi connectivity index (χ4v) is 1.74. The zero-order chi connectivity index (χ0) is 12.1. The third kappa shape index (κ3) is 2.89. The van der Waals surface area contributed by atoms with Crippen LogP contribution in [0.4, 0.5) is 11.6 Å². The van der Waals surface area contributed by atoms with Crippen LogP contribution >= 0.6 is 15.9 Å². The lowest BCUT2D eigenvalue weighted by Crippen LogP contribution is -2.11. The van der Waals surface area contributed by atoms with Crippen LogP contribution in [0.15, 0.2) is 35.3 Å². The molecule has 0 aromatic carbocycles. The first-order valence-electron chi connectivity index (χ1n) is 4.91. The Hall–Kier alpha value is -1.73. The third-order valence-electron chi connectivity index (χ3n) is 2.11. The van der Waals surface area contributed by atoms with Gasteiger partial charge in [0.15, 0.2) is 5.82 Å². The quantitative estimate of drug-likeness (QED) is 0.585. The van der Waals surface area contributed by atoms with Crippen molar-refractivity contribution in [1.82, 2.24) is 15.0 Å². The van der Waals surface area contributed by atoms with Crippen LogP contribution in [0.5, 0.6) is 0 Å².